The molecule has 6 atom stereocenters. The van der Waals surface area contributed by atoms with Crippen molar-refractivity contribution >= 4 is 64.1 Å². The third-order valence-corrected chi connectivity index (χ3v) is 11.4. The van der Waals surface area contributed by atoms with Crippen molar-refractivity contribution in [1.82, 2.24) is 4.90 Å². The summed E-state index contributed by atoms with van der Waals surface area (Å²) in [6.07, 6.45) is 3.81. The number of amides is 4. The van der Waals surface area contributed by atoms with Gasteiger partial charge in [-0.2, -0.15) is 0 Å². The Bertz CT molecular complexity index is 1700. The lowest BCUT2D eigenvalue weighted by Crippen LogP contribution is -2.61. The summed E-state index contributed by atoms with van der Waals surface area (Å²) in [5, 5.41) is 10.5. The highest BCUT2D eigenvalue weighted by molar-refractivity contribution is 6.53. The monoisotopic (exact) mass is 626 g/mol. The number of likely N-dealkylation sites (tertiary alicyclic amines) is 1. The number of phenolic OH excluding ortho intramolecular Hbond substituents is 1. The maximum Gasteiger partial charge on any atom is 0.253 e. The van der Waals surface area contributed by atoms with Crippen LogP contribution in [0.4, 0.5) is 5.69 Å². The zero-order valence-electron chi connectivity index (χ0n) is 22.6. The minimum Gasteiger partial charge on any atom is -0.508 e. The van der Waals surface area contributed by atoms with Crippen LogP contribution in [-0.4, -0.2) is 50.4 Å². The molecule has 8 nitrogen and oxygen atoms in total. The van der Waals surface area contributed by atoms with E-state index in [0.717, 1.165) is 10.5 Å². The molecular weight excluding hydrogens is 603 g/mol. The molecule has 0 aromatic heterocycles. The van der Waals surface area contributed by atoms with Gasteiger partial charge in [-0.3, -0.25) is 24.1 Å². The van der Waals surface area contributed by atoms with Gasteiger partial charge < -0.3 is 9.84 Å². The molecular formula is C31H25Cl3N2O6. The molecule has 5 aliphatic rings. The van der Waals surface area contributed by atoms with E-state index in [1.165, 1.54) is 24.3 Å². The van der Waals surface area contributed by atoms with Gasteiger partial charge in [-0.25, -0.2) is 4.90 Å². The van der Waals surface area contributed by atoms with Gasteiger partial charge in [0.05, 0.1) is 23.8 Å². The summed E-state index contributed by atoms with van der Waals surface area (Å²) in [6.45, 7) is 1.83. The van der Waals surface area contributed by atoms with E-state index in [2.05, 4.69) is 0 Å². The molecule has 0 unspecified atom stereocenters. The predicted octanol–water partition coefficient (Wildman–Crippen LogP) is 4.90. The quantitative estimate of drug-likeness (QED) is 0.289. The molecule has 7 rings (SSSR count). The van der Waals surface area contributed by atoms with Gasteiger partial charge in [0, 0.05) is 30.0 Å². The SMILES string of the molecule is Cc1ccc(N2C(=O)[C@H]3[C@H](CC=C4[C@H](C5=COc6ccc(O)cc6C5)[C@]5(Cl)C(=O)N(C)C(=O)[C@]5(Cl)C[C@H]43)C2=O)cc1Cl. The van der Waals surface area contributed by atoms with E-state index in [-0.39, 0.29) is 30.9 Å². The fourth-order valence-corrected chi connectivity index (χ4v) is 8.74. The molecule has 0 spiro atoms. The number of ether oxygens (including phenoxy) is 1. The van der Waals surface area contributed by atoms with Gasteiger partial charge in [-0.15, -0.1) is 23.2 Å². The van der Waals surface area contributed by atoms with Gasteiger partial charge >= 0.3 is 0 Å². The number of anilines is 1. The highest BCUT2D eigenvalue weighted by Gasteiger charge is 2.76. The van der Waals surface area contributed by atoms with Crippen LogP contribution in [0.25, 0.3) is 0 Å². The lowest BCUT2D eigenvalue weighted by atomic mass is 9.56. The number of carbonyl (C=O) groups excluding carboxylic acids is 4. The standard InChI is InChI=1S/C31H25Cl3N2O6/c1-14-3-4-17(11-22(14)32)36-26(38)20-7-6-19-21(24(20)27(36)39)12-30(33)28(40)35(2)29(41)31(30,34)25(19)16-9-15-10-18(37)5-8-23(15)42-13-16/h3-6,8,10-11,13,20-21,24-25,37H,7,9,12H2,1-2H3/t20-,21+,24-,25-,30+,31-/m0/s1. The minimum atomic E-state index is -1.89. The van der Waals surface area contributed by atoms with Crippen molar-refractivity contribution in [3.63, 3.8) is 0 Å². The molecule has 0 bridgehead atoms. The van der Waals surface area contributed by atoms with E-state index in [4.69, 9.17) is 39.5 Å². The number of phenols is 1. The van der Waals surface area contributed by atoms with E-state index in [9.17, 15) is 24.3 Å². The number of hydrogen-bond donors (Lipinski definition) is 1. The lowest BCUT2D eigenvalue weighted by Gasteiger charge is -2.51. The van der Waals surface area contributed by atoms with E-state index in [1.54, 1.807) is 30.3 Å². The number of carbonyl (C=O) groups is 4. The molecule has 216 valence electrons. The summed E-state index contributed by atoms with van der Waals surface area (Å²) >= 11 is 20.8. The Kier molecular flexibility index (Phi) is 5.95. The summed E-state index contributed by atoms with van der Waals surface area (Å²) < 4.78 is 5.91. The first-order chi connectivity index (χ1) is 19.9. The van der Waals surface area contributed by atoms with Crippen molar-refractivity contribution in [2.75, 3.05) is 11.9 Å². The Morgan fingerprint density at radius 1 is 1.00 bits per heavy atom. The molecule has 3 fully saturated rings. The average molecular weight is 628 g/mol. The molecule has 0 radical (unpaired) electrons. The van der Waals surface area contributed by atoms with Crippen molar-refractivity contribution in [1.29, 1.82) is 0 Å². The van der Waals surface area contributed by atoms with E-state index in [1.807, 2.05) is 13.0 Å². The number of rotatable bonds is 2. The maximum absolute atomic E-state index is 14.1. The zero-order chi connectivity index (χ0) is 29.9. The van der Waals surface area contributed by atoms with Gasteiger partial charge in [0.15, 0.2) is 9.75 Å². The van der Waals surface area contributed by atoms with Crippen molar-refractivity contribution in [3.05, 3.63) is 76.0 Å². The largest absolute Gasteiger partial charge is 0.508 e. The second kappa shape index (κ2) is 9.09. The first-order valence-corrected chi connectivity index (χ1v) is 14.7. The fraction of sp³-hybridized carbons (Fsp3) is 0.355. The number of benzene rings is 2. The molecule has 11 heteroatoms. The normalized spacial score (nSPS) is 33.5. The van der Waals surface area contributed by atoms with Crippen LogP contribution in [0.1, 0.15) is 24.0 Å². The number of aryl methyl sites for hydroxylation is 1. The summed E-state index contributed by atoms with van der Waals surface area (Å²) in [4.78, 5) is 53.5. The van der Waals surface area contributed by atoms with Crippen LogP contribution in [0.3, 0.4) is 0 Å². The van der Waals surface area contributed by atoms with Crippen LogP contribution >= 0.6 is 34.8 Å². The molecule has 2 aromatic carbocycles. The topological polar surface area (TPSA) is 104 Å². The molecule has 42 heavy (non-hydrogen) atoms. The van der Waals surface area contributed by atoms with Crippen LogP contribution in [-0.2, 0) is 25.6 Å². The second-order valence-corrected chi connectivity index (χ2v) is 13.4. The second-order valence-electron chi connectivity index (χ2n) is 11.7. The Balaban J connectivity index is 1.35. The molecule has 2 aliphatic carbocycles. The molecule has 1 saturated carbocycles. The Morgan fingerprint density at radius 3 is 2.50 bits per heavy atom. The summed E-state index contributed by atoms with van der Waals surface area (Å²) in [6, 6.07) is 9.75. The van der Waals surface area contributed by atoms with Crippen LogP contribution in [0, 0.1) is 30.6 Å². The highest BCUT2D eigenvalue weighted by atomic mass is 35.5. The molecule has 3 heterocycles. The van der Waals surface area contributed by atoms with Gasteiger partial charge in [0.1, 0.15) is 11.5 Å². The number of hydrogen-bond acceptors (Lipinski definition) is 6. The number of aromatic hydroxyl groups is 1. The molecule has 1 N–H and O–H groups in total. The number of allylic oxidation sites excluding steroid dienone is 3. The third-order valence-electron chi connectivity index (χ3n) is 9.57. The van der Waals surface area contributed by atoms with Crippen LogP contribution < -0.4 is 9.64 Å². The Morgan fingerprint density at radius 2 is 1.76 bits per heavy atom. The third kappa shape index (κ3) is 3.43. The lowest BCUT2D eigenvalue weighted by molar-refractivity contribution is -0.138. The Labute approximate surface area is 256 Å². The van der Waals surface area contributed by atoms with Gasteiger partial charge in [-0.05, 0) is 67.2 Å². The van der Waals surface area contributed by atoms with Gasteiger partial charge in [-0.1, -0.05) is 29.3 Å². The van der Waals surface area contributed by atoms with E-state index >= 15 is 0 Å². The number of alkyl halides is 2. The number of imide groups is 2. The molecule has 2 saturated heterocycles. The minimum absolute atomic E-state index is 0.0466. The van der Waals surface area contributed by atoms with E-state index < -0.39 is 51.1 Å². The van der Waals surface area contributed by atoms with Crippen LogP contribution in [0.15, 0.2) is 59.9 Å². The summed E-state index contributed by atoms with van der Waals surface area (Å²) in [7, 11) is 1.35. The van der Waals surface area contributed by atoms with Crippen molar-refractivity contribution < 1.29 is 29.0 Å². The fourth-order valence-electron chi connectivity index (χ4n) is 7.53. The molecule has 2 aromatic rings. The molecule has 3 aliphatic heterocycles. The van der Waals surface area contributed by atoms with Crippen molar-refractivity contribution in [2.45, 2.75) is 35.9 Å². The zero-order valence-corrected chi connectivity index (χ0v) is 24.8. The van der Waals surface area contributed by atoms with Crippen LogP contribution in [0.2, 0.25) is 5.02 Å². The summed E-state index contributed by atoms with van der Waals surface area (Å²) in [5.41, 5.74) is 3.12. The number of nitrogens with zero attached hydrogens (tertiary/aromatic N) is 2. The number of halogens is 3. The van der Waals surface area contributed by atoms with Gasteiger partial charge in [0.25, 0.3) is 11.8 Å². The van der Waals surface area contributed by atoms with Crippen LogP contribution in [0.5, 0.6) is 11.5 Å². The first kappa shape index (κ1) is 27.5. The first-order valence-electron chi connectivity index (χ1n) is 13.6. The maximum atomic E-state index is 14.1. The van der Waals surface area contributed by atoms with Crippen molar-refractivity contribution in [2.24, 2.45) is 23.7 Å². The van der Waals surface area contributed by atoms with E-state index in [0.29, 0.717) is 33.2 Å². The molecule has 4 amide bonds. The Hall–Kier alpha value is -3.33. The smallest absolute Gasteiger partial charge is 0.253 e. The highest BCUT2D eigenvalue weighted by Crippen LogP contribution is 2.64. The average Bonchev–Trinajstić information content (AvgIpc) is 3.29. The predicted molar refractivity (Wildman–Crippen MR) is 155 cm³/mol. The summed E-state index contributed by atoms with van der Waals surface area (Å²) in [5.74, 6) is -4.49. The number of fused-ring (bicyclic) bond motifs is 5. The van der Waals surface area contributed by atoms with Crippen molar-refractivity contribution in [3.8, 4) is 11.5 Å². The van der Waals surface area contributed by atoms with Gasteiger partial charge in [0.2, 0.25) is 11.8 Å².